The number of nitrogens with one attached hydrogen (secondary N) is 2. The van der Waals surface area contributed by atoms with Gasteiger partial charge in [-0.05, 0) is 32.2 Å². The summed E-state index contributed by atoms with van der Waals surface area (Å²) < 4.78 is 22.6. The van der Waals surface area contributed by atoms with Gasteiger partial charge in [-0.1, -0.05) is 0 Å². The standard InChI is InChI=1S/C12H22N2O3S/c1-18(16,17)9-12(4-5-12)8-14-11(15)7-10-3-2-6-13-10/h10,13H,2-9H2,1H3,(H,14,15). The maximum atomic E-state index is 11.7. The topological polar surface area (TPSA) is 75.3 Å². The fourth-order valence-electron chi connectivity index (χ4n) is 2.62. The number of sulfone groups is 1. The first-order valence-corrected chi connectivity index (χ1v) is 8.62. The fourth-order valence-corrected chi connectivity index (χ4v) is 4.12. The zero-order valence-corrected chi connectivity index (χ0v) is 11.7. The SMILES string of the molecule is CS(=O)(=O)CC1(CNC(=O)CC2CCCN2)CC1. The Bertz CT molecular complexity index is 409. The highest BCUT2D eigenvalue weighted by Gasteiger charge is 2.45. The van der Waals surface area contributed by atoms with Crippen LogP contribution in [0, 0.1) is 5.41 Å². The molecule has 2 aliphatic rings. The molecule has 18 heavy (non-hydrogen) atoms. The molecule has 1 aliphatic carbocycles. The van der Waals surface area contributed by atoms with E-state index in [4.69, 9.17) is 0 Å². The summed E-state index contributed by atoms with van der Waals surface area (Å²) in [4.78, 5) is 11.7. The largest absolute Gasteiger partial charge is 0.355 e. The second-order valence-electron chi connectivity index (χ2n) is 5.84. The first-order chi connectivity index (χ1) is 8.39. The van der Waals surface area contributed by atoms with Crippen molar-refractivity contribution >= 4 is 15.7 Å². The van der Waals surface area contributed by atoms with Crippen LogP contribution in [-0.4, -0.2) is 45.5 Å². The number of hydrogen-bond donors (Lipinski definition) is 2. The molecule has 6 heteroatoms. The van der Waals surface area contributed by atoms with Crippen LogP contribution in [0.3, 0.4) is 0 Å². The van der Waals surface area contributed by atoms with Gasteiger partial charge in [0.25, 0.3) is 0 Å². The van der Waals surface area contributed by atoms with Crippen molar-refractivity contribution in [3.8, 4) is 0 Å². The summed E-state index contributed by atoms with van der Waals surface area (Å²) in [6, 6.07) is 0.301. The van der Waals surface area contributed by atoms with Crippen molar-refractivity contribution in [2.45, 2.75) is 38.1 Å². The summed E-state index contributed by atoms with van der Waals surface area (Å²) in [5, 5.41) is 6.17. The van der Waals surface area contributed by atoms with Crippen molar-refractivity contribution in [2.75, 3.05) is 25.1 Å². The molecule has 2 fully saturated rings. The van der Waals surface area contributed by atoms with E-state index in [9.17, 15) is 13.2 Å². The molecule has 1 unspecified atom stereocenters. The van der Waals surface area contributed by atoms with Crippen LogP contribution in [0.1, 0.15) is 32.1 Å². The van der Waals surface area contributed by atoms with Gasteiger partial charge in [0.1, 0.15) is 9.84 Å². The number of amides is 1. The first-order valence-electron chi connectivity index (χ1n) is 6.56. The minimum atomic E-state index is -2.95. The van der Waals surface area contributed by atoms with Crippen LogP contribution in [0.4, 0.5) is 0 Å². The lowest BCUT2D eigenvalue weighted by molar-refractivity contribution is -0.121. The highest BCUT2D eigenvalue weighted by Crippen LogP contribution is 2.46. The molecule has 104 valence electrons. The molecule has 1 amide bonds. The zero-order valence-electron chi connectivity index (χ0n) is 10.9. The quantitative estimate of drug-likeness (QED) is 0.719. The molecule has 0 bridgehead atoms. The van der Waals surface area contributed by atoms with Gasteiger partial charge in [0.15, 0.2) is 0 Å². The maximum absolute atomic E-state index is 11.7. The molecule has 0 aromatic heterocycles. The van der Waals surface area contributed by atoms with E-state index in [1.807, 2.05) is 0 Å². The molecule has 1 saturated heterocycles. The van der Waals surface area contributed by atoms with E-state index in [1.165, 1.54) is 6.26 Å². The smallest absolute Gasteiger partial charge is 0.221 e. The number of carbonyl (C=O) groups excluding carboxylic acids is 1. The minimum Gasteiger partial charge on any atom is -0.355 e. The minimum absolute atomic E-state index is 0.0363. The van der Waals surface area contributed by atoms with E-state index < -0.39 is 9.84 Å². The number of carbonyl (C=O) groups is 1. The Morgan fingerprint density at radius 3 is 2.67 bits per heavy atom. The summed E-state index contributed by atoms with van der Waals surface area (Å²) in [5.41, 5.74) is -0.174. The Morgan fingerprint density at radius 2 is 2.17 bits per heavy atom. The van der Waals surface area contributed by atoms with Gasteiger partial charge >= 0.3 is 0 Å². The summed E-state index contributed by atoms with van der Waals surface area (Å²) in [6.45, 7) is 1.50. The monoisotopic (exact) mass is 274 g/mol. The van der Waals surface area contributed by atoms with Crippen molar-refractivity contribution in [1.29, 1.82) is 0 Å². The van der Waals surface area contributed by atoms with Crippen molar-refractivity contribution in [1.82, 2.24) is 10.6 Å². The highest BCUT2D eigenvalue weighted by molar-refractivity contribution is 7.90. The van der Waals surface area contributed by atoms with Gasteiger partial charge in [0.05, 0.1) is 5.75 Å². The third-order valence-corrected chi connectivity index (χ3v) is 4.92. The van der Waals surface area contributed by atoms with E-state index in [1.54, 1.807) is 0 Å². The van der Waals surface area contributed by atoms with Crippen LogP contribution in [0.2, 0.25) is 0 Å². The van der Waals surface area contributed by atoms with E-state index >= 15 is 0 Å². The van der Waals surface area contributed by atoms with Crippen LogP contribution < -0.4 is 10.6 Å². The number of rotatable bonds is 6. The van der Waals surface area contributed by atoms with E-state index in [2.05, 4.69) is 10.6 Å². The third kappa shape index (κ3) is 4.24. The van der Waals surface area contributed by atoms with Crippen LogP contribution in [0.15, 0.2) is 0 Å². The fraction of sp³-hybridized carbons (Fsp3) is 0.917. The normalized spacial score (nSPS) is 25.9. The van der Waals surface area contributed by atoms with Crippen molar-refractivity contribution in [2.24, 2.45) is 5.41 Å². The lowest BCUT2D eigenvalue weighted by Crippen LogP contribution is -2.36. The van der Waals surface area contributed by atoms with Gasteiger partial charge in [-0.15, -0.1) is 0 Å². The molecule has 0 radical (unpaired) electrons. The molecule has 1 atom stereocenters. The van der Waals surface area contributed by atoms with Gasteiger partial charge in [-0.2, -0.15) is 0 Å². The molecule has 2 N–H and O–H groups in total. The van der Waals surface area contributed by atoms with Gasteiger partial charge in [0, 0.05) is 30.7 Å². The van der Waals surface area contributed by atoms with Crippen LogP contribution in [-0.2, 0) is 14.6 Å². The summed E-state index contributed by atoms with van der Waals surface area (Å²) >= 11 is 0. The molecular weight excluding hydrogens is 252 g/mol. The predicted octanol–water partition coefficient (Wildman–Crippen LogP) is 0.0695. The van der Waals surface area contributed by atoms with E-state index in [0.29, 0.717) is 19.0 Å². The van der Waals surface area contributed by atoms with Gasteiger partial charge in [0.2, 0.25) is 5.91 Å². The Kier molecular flexibility index (Phi) is 3.96. The van der Waals surface area contributed by atoms with Crippen LogP contribution in [0.25, 0.3) is 0 Å². The molecule has 1 aliphatic heterocycles. The molecule has 5 nitrogen and oxygen atoms in total. The van der Waals surface area contributed by atoms with Gasteiger partial charge in [-0.25, -0.2) is 8.42 Å². The molecule has 1 saturated carbocycles. The summed E-state index contributed by atoms with van der Waals surface area (Å²) in [5.74, 6) is 0.233. The zero-order chi connectivity index (χ0) is 13.2. The van der Waals surface area contributed by atoms with E-state index in [-0.39, 0.29) is 17.1 Å². The van der Waals surface area contributed by atoms with Gasteiger partial charge in [-0.3, -0.25) is 4.79 Å². The Hall–Kier alpha value is -0.620. The Balaban J connectivity index is 1.72. The first kappa shape index (κ1) is 13.8. The average molecular weight is 274 g/mol. The van der Waals surface area contributed by atoms with E-state index in [0.717, 1.165) is 32.2 Å². The second-order valence-corrected chi connectivity index (χ2v) is 7.98. The van der Waals surface area contributed by atoms with Crippen molar-refractivity contribution < 1.29 is 13.2 Å². The second kappa shape index (κ2) is 5.17. The lowest BCUT2D eigenvalue weighted by atomic mass is 10.1. The maximum Gasteiger partial charge on any atom is 0.221 e. The summed E-state index contributed by atoms with van der Waals surface area (Å²) in [7, 11) is -2.95. The molecule has 0 aromatic carbocycles. The average Bonchev–Trinajstić information content (AvgIpc) is 2.79. The molecule has 0 aromatic rings. The molecular formula is C12H22N2O3S. The van der Waals surface area contributed by atoms with Gasteiger partial charge < -0.3 is 10.6 Å². The van der Waals surface area contributed by atoms with Crippen LogP contribution in [0.5, 0.6) is 0 Å². The third-order valence-electron chi connectivity index (χ3n) is 3.78. The number of hydrogen-bond acceptors (Lipinski definition) is 4. The van der Waals surface area contributed by atoms with Crippen molar-refractivity contribution in [3.05, 3.63) is 0 Å². The predicted molar refractivity (Wildman–Crippen MR) is 70.0 cm³/mol. The Morgan fingerprint density at radius 1 is 1.44 bits per heavy atom. The van der Waals surface area contributed by atoms with Crippen LogP contribution >= 0.6 is 0 Å². The highest BCUT2D eigenvalue weighted by atomic mass is 32.2. The molecule has 2 rings (SSSR count). The Labute approximate surface area is 109 Å². The van der Waals surface area contributed by atoms with Crippen molar-refractivity contribution in [3.63, 3.8) is 0 Å². The lowest BCUT2D eigenvalue weighted by Gasteiger charge is -2.16. The molecule has 1 heterocycles. The summed E-state index contributed by atoms with van der Waals surface area (Å²) in [6.07, 6.45) is 5.77. The molecule has 0 spiro atoms.